The largest absolute Gasteiger partial charge is 0.465 e. The van der Waals surface area contributed by atoms with Crippen LogP contribution in [-0.4, -0.2) is 47.9 Å². The van der Waals surface area contributed by atoms with E-state index in [1.54, 1.807) is 13.8 Å². The molecule has 1 aliphatic heterocycles. The van der Waals surface area contributed by atoms with E-state index in [0.29, 0.717) is 35.1 Å². The molecule has 1 fully saturated rings. The first-order valence-corrected chi connectivity index (χ1v) is 7.50. The summed E-state index contributed by atoms with van der Waals surface area (Å²) in [5.41, 5.74) is 2.39. The molecule has 116 valence electrons. The van der Waals surface area contributed by atoms with Gasteiger partial charge in [0.15, 0.2) is 5.78 Å². The molecule has 0 bridgehead atoms. The van der Waals surface area contributed by atoms with Gasteiger partial charge in [0, 0.05) is 11.7 Å². The maximum atomic E-state index is 12.5. The second-order valence-corrected chi connectivity index (χ2v) is 5.86. The number of ketones is 1. The van der Waals surface area contributed by atoms with E-state index in [0.717, 1.165) is 19.4 Å². The number of aryl methyl sites for hydroxylation is 1. The SMILES string of the molecule is COC(=O)c1c(C)[nH]c(C(=O)CN2CCCCC2C)c1C. The number of hydrogen-bond donors (Lipinski definition) is 1. The number of esters is 1. The van der Waals surface area contributed by atoms with Gasteiger partial charge in [0.1, 0.15) is 0 Å². The van der Waals surface area contributed by atoms with E-state index in [1.807, 2.05) is 0 Å². The van der Waals surface area contributed by atoms with E-state index in [9.17, 15) is 9.59 Å². The van der Waals surface area contributed by atoms with Gasteiger partial charge in [0.25, 0.3) is 0 Å². The van der Waals surface area contributed by atoms with Crippen LogP contribution < -0.4 is 0 Å². The summed E-state index contributed by atoms with van der Waals surface area (Å²) in [6, 6.07) is 0.444. The van der Waals surface area contributed by atoms with Gasteiger partial charge in [-0.3, -0.25) is 9.69 Å². The first kappa shape index (κ1) is 15.8. The number of methoxy groups -OCH3 is 1. The van der Waals surface area contributed by atoms with Crippen molar-refractivity contribution in [1.82, 2.24) is 9.88 Å². The first-order valence-electron chi connectivity index (χ1n) is 7.50. The van der Waals surface area contributed by atoms with Crippen LogP contribution >= 0.6 is 0 Å². The molecule has 0 saturated carbocycles. The predicted octanol–water partition coefficient (Wildman–Crippen LogP) is 2.48. The molecule has 1 aliphatic rings. The Morgan fingerprint density at radius 2 is 2.05 bits per heavy atom. The fourth-order valence-corrected chi connectivity index (χ4v) is 3.09. The lowest BCUT2D eigenvalue weighted by molar-refractivity contribution is 0.0599. The van der Waals surface area contributed by atoms with Gasteiger partial charge in [-0.15, -0.1) is 0 Å². The molecule has 5 nitrogen and oxygen atoms in total. The molecule has 0 radical (unpaired) electrons. The number of hydrogen-bond acceptors (Lipinski definition) is 4. The highest BCUT2D eigenvalue weighted by Gasteiger charge is 2.26. The van der Waals surface area contributed by atoms with Crippen LogP contribution in [0.3, 0.4) is 0 Å². The molecule has 0 spiro atoms. The van der Waals surface area contributed by atoms with E-state index in [1.165, 1.54) is 13.5 Å². The molecule has 0 aliphatic carbocycles. The van der Waals surface area contributed by atoms with Crippen molar-refractivity contribution >= 4 is 11.8 Å². The Bertz CT molecular complexity index is 548. The van der Waals surface area contributed by atoms with Crippen LogP contribution in [0.5, 0.6) is 0 Å². The second-order valence-electron chi connectivity index (χ2n) is 5.86. The van der Waals surface area contributed by atoms with Crippen molar-refractivity contribution in [3.63, 3.8) is 0 Å². The molecule has 2 rings (SSSR count). The number of carbonyl (C=O) groups excluding carboxylic acids is 2. The quantitative estimate of drug-likeness (QED) is 0.684. The Morgan fingerprint density at radius 3 is 2.67 bits per heavy atom. The summed E-state index contributed by atoms with van der Waals surface area (Å²) < 4.78 is 4.78. The van der Waals surface area contributed by atoms with Gasteiger partial charge in [-0.1, -0.05) is 6.42 Å². The zero-order chi connectivity index (χ0) is 15.6. The van der Waals surface area contributed by atoms with Crippen molar-refractivity contribution in [2.24, 2.45) is 0 Å². The van der Waals surface area contributed by atoms with Gasteiger partial charge in [-0.25, -0.2) is 4.79 Å². The summed E-state index contributed by atoms with van der Waals surface area (Å²) in [6.07, 6.45) is 3.52. The number of aromatic nitrogens is 1. The van der Waals surface area contributed by atoms with Gasteiger partial charge < -0.3 is 9.72 Å². The normalized spacial score (nSPS) is 19.5. The highest BCUT2D eigenvalue weighted by atomic mass is 16.5. The molecular formula is C16H24N2O3. The number of rotatable bonds is 4. The molecule has 0 aromatic carbocycles. The lowest BCUT2D eigenvalue weighted by atomic mass is 10.0. The first-order chi connectivity index (χ1) is 9.95. The topological polar surface area (TPSA) is 62.4 Å². The molecule has 1 atom stereocenters. The van der Waals surface area contributed by atoms with Crippen LogP contribution in [0.1, 0.15) is 58.3 Å². The van der Waals surface area contributed by atoms with Crippen molar-refractivity contribution in [3.05, 3.63) is 22.5 Å². The van der Waals surface area contributed by atoms with Crippen molar-refractivity contribution in [2.75, 3.05) is 20.2 Å². The summed E-state index contributed by atoms with van der Waals surface area (Å²) in [6.45, 7) is 7.12. The van der Waals surface area contributed by atoms with Gasteiger partial charge in [0.05, 0.1) is 24.9 Å². The second kappa shape index (κ2) is 6.43. The third kappa shape index (κ3) is 3.18. The van der Waals surface area contributed by atoms with E-state index in [-0.39, 0.29) is 5.78 Å². The minimum Gasteiger partial charge on any atom is -0.465 e. The van der Waals surface area contributed by atoms with Crippen LogP contribution in [0.4, 0.5) is 0 Å². The zero-order valence-corrected chi connectivity index (χ0v) is 13.3. The van der Waals surface area contributed by atoms with Crippen LogP contribution in [0.15, 0.2) is 0 Å². The molecule has 0 amide bonds. The summed E-state index contributed by atoms with van der Waals surface area (Å²) in [7, 11) is 1.35. The lowest BCUT2D eigenvalue weighted by Gasteiger charge is -2.32. The summed E-state index contributed by atoms with van der Waals surface area (Å²) >= 11 is 0. The molecular weight excluding hydrogens is 268 g/mol. The predicted molar refractivity (Wildman–Crippen MR) is 80.8 cm³/mol. The zero-order valence-electron chi connectivity index (χ0n) is 13.3. The number of H-pyrrole nitrogens is 1. The summed E-state index contributed by atoms with van der Waals surface area (Å²) in [4.78, 5) is 29.6. The average Bonchev–Trinajstić information content (AvgIpc) is 2.76. The fourth-order valence-electron chi connectivity index (χ4n) is 3.09. The lowest BCUT2D eigenvalue weighted by Crippen LogP contribution is -2.41. The monoisotopic (exact) mass is 292 g/mol. The molecule has 1 N–H and O–H groups in total. The van der Waals surface area contributed by atoms with Crippen molar-refractivity contribution in [2.45, 2.75) is 46.1 Å². The Kier molecular flexibility index (Phi) is 4.83. The number of nitrogens with one attached hydrogen (secondary N) is 1. The molecule has 2 heterocycles. The van der Waals surface area contributed by atoms with Gasteiger partial charge in [-0.2, -0.15) is 0 Å². The summed E-state index contributed by atoms with van der Waals surface area (Å²) in [5, 5.41) is 0. The van der Waals surface area contributed by atoms with E-state index >= 15 is 0 Å². The maximum Gasteiger partial charge on any atom is 0.339 e. The van der Waals surface area contributed by atoms with Crippen LogP contribution in [0.2, 0.25) is 0 Å². The number of Topliss-reactive ketones (excluding diaryl/α,β-unsaturated/α-hetero) is 1. The molecule has 1 aromatic rings. The van der Waals surface area contributed by atoms with Crippen LogP contribution in [0.25, 0.3) is 0 Å². The number of aromatic amines is 1. The van der Waals surface area contributed by atoms with E-state index in [2.05, 4.69) is 16.8 Å². The third-order valence-corrected chi connectivity index (χ3v) is 4.39. The maximum absolute atomic E-state index is 12.5. The minimum absolute atomic E-state index is 0.0412. The minimum atomic E-state index is -0.397. The third-order valence-electron chi connectivity index (χ3n) is 4.39. The number of carbonyl (C=O) groups is 2. The van der Waals surface area contributed by atoms with Crippen molar-refractivity contribution in [3.8, 4) is 0 Å². The van der Waals surface area contributed by atoms with Crippen molar-refractivity contribution < 1.29 is 14.3 Å². The molecule has 1 saturated heterocycles. The van der Waals surface area contributed by atoms with Crippen molar-refractivity contribution in [1.29, 1.82) is 0 Å². The van der Waals surface area contributed by atoms with Crippen LogP contribution in [-0.2, 0) is 4.74 Å². The smallest absolute Gasteiger partial charge is 0.339 e. The average molecular weight is 292 g/mol. The number of piperidine rings is 1. The number of ether oxygens (including phenoxy) is 1. The van der Waals surface area contributed by atoms with E-state index in [4.69, 9.17) is 4.74 Å². The Hall–Kier alpha value is -1.62. The Labute approximate surface area is 125 Å². The van der Waals surface area contributed by atoms with Gasteiger partial charge in [0.2, 0.25) is 0 Å². The Morgan fingerprint density at radius 1 is 1.33 bits per heavy atom. The Balaban J connectivity index is 2.18. The molecule has 1 aromatic heterocycles. The van der Waals surface area contributed by atoms with Gasteiger partial charge in [-0.05, 0) is 45.7 Å². The molecule has 1 unspecified atom stereocenters. The summed E-state index contributed by atoms with van der Waals surface area (Å²) in [5.74, 6) is -0.355. The molecule has 5 heteroatoms. The fraction of sp³-hybridized carbons (Fsp3) is 0.625. The number of nitrogens with zero attached hydrogens (tertiary/aromatic N) is 1. The molecule has 21 heavy (non-hydrogen) atoms. The standard InChI is InChI=1S/C16H24N2O3/c1-10-7-5-6-8-18(10)9-13(19)15-11(2)14(12(3)17-15)16(20)21-4/h10,17H,5-9H2,1-4H3. The highest BCUT2D eigenvalue weighted by molar-refractivity contribution is 6.02. The van der Waals surface area contributed by atoms with Crippen LogP contribution in [0, 0.1) is 13.8 Å². The number of likely N-dealkylation sites (tertiary alicyclic amines) is 1. The van der Waals surface area contributed by atoms with E-state index < -0.39 is 5.97 Å². The highest BCUT2D eigenvalue weighted by Crippen LogP contribution is 2.21. The van der Waals surface area contributed by atoms with Gasteiger partial charge >= 0.3 is 5.97 Å².